The number of fused-ring (bicyclic) bond motifs is 2. The van der Waals surface area contributed by atoms with Gasteiger partial charge < -0.3 is 30.3 Å². The van der Waals surface area contributed by atoms with Crippen molar-refractivity contribution in [2.45, 2.75) is 40.0 Å². The SMILES string of the molecule is C=C(C)N1CCN(C(N)=O)CC1.CC.CN(C)CC1Cc2ccccc2N(C(=O)CCc2c[nH]c3ccccc23)C1. The van der Waals surface area contributed by atoms with Crippen LogP contribution in [0.3, 0.4) is 0 Å². The Kier molecular flexibility index (Phi) is 11.8. The van der Waals surface area contributed by atoms with Crippen LogP contribution in [0.25, 0.3) is 10.9 Å². The van der Waals surface area contributed by atoms with Crippen LogP contribution in [0.2, 0.25) is 0 Å². The average molecular weight is 561 g/mol. The number of amides is 3. The molecule has 8 heteroatoms. The predicted octanol–water partition coefficient (Wildman–Crippen LogP) is 5.11. The van der Waals surface area contributed by atoms with Crippen LogP contribution in [-0.4, -0.2) is 85.0 Å². The zero-order valence-corrected chi connectivity index (χ0v) is 25.5. The molecule has 2 aromatic carbocycles. The first-order valence-electron chi connectivity index (χ1n) is 14.8. The second-order valence-corrected chi connectivity index (χ2v) is 10.9. The molecule has 8 nitrogen and oxygen atoms in total. The third-order valence-electron chi connectivity index (χ3n) is 7.57. The van der Waals surface area contributed by atoms with Crippen molar-refractivity contribution in [2.75, 3.05) is 58.3 Å². The van der Waals surface area contributed by atoms with Gasteiger partial charge in [-0.25, -0.2) is 4.79 Å². The fraction of sp³-hybridized carbons (Fsp3) is 0.455. The van der Waals surface area contributed by atoms with Crippen molar-refractivity contribution >= 4 is 28.5 Å². The molecule has 41 heavy (non-hydrogen) atoms. The van der Waals surface area contributed by atoms with Crippen molar-refractivity contribution in [2.24, 2.45) is 11.7 Å². The molecule has 3 aromatic rings. The summed E-state index contributed by atoms with van der Waals surface area (Å²) in [4.78, 5) is 35.2. The molecule has 1 fully saturated rings. The first-order valence-corrected chi connectivity index (χ1v) is 14.8. The maximum Gasteiger partial charge on any atom is 0.314 e. The van der Waals surface area contributed by atoms with Crippen LogP contribution in [-0.2, 0) is 17.6 Å². The number of hydrogen-bond donors (Lipinski definition) is 2. The average Bonchev–Trinajstić information content (AvgIpc) is 3.39. The van der Waals surface area contributed by atoms with Gasteiger partial charge in [0.25, 0.3) is 0 Å². The quantitative estimate of drug-likeness (QED) is 0.439. The van der Waals surface area contributed by atoms with Gasteiger partial charge in [0.15, 0.2) is 0 Å². The van der Waals surface area contributed by atoms with Crippen LogP contribution in [0.15, 0.2) is 67.0 Å². The lowest BCUT2D eigenvalue weighted by Crippen LogP contribution is -2.49. The number of aromatic amines is 1. The summed E-state index contributed by atoms with van der Waals surface area (Å²) in [6.45, 7) is 14.7. The smallest absolute Gasteiger partial charge is 0.314 e. The topological polar surface area (TPSA) is 88.9 Å². The lowest BCUT2D eigenvalue weighted by molar-refractivity contribution is -0.118. The Labute approximate surface area is 245 Å². The van der Waals surface area contributed by atoms with Crippen molar-refractivity contribution in [1.82, 2.24) is 19.7 Å². The molecule has 3 N–H and O–H groups in total. The molecule has 222 valence electrons. The van der Waals surface area contributed by atoms with Crippen molar-refractivity contribution < 1.29 is 9.59 Å². The molecule has 2 aliphatic heterocycles. The maximum absolute atomic E-state index is 13.1. The fourth-order valence-corrected chi connectivity index (χ4v) is 5.58. The lowest BCUT2D eigenvalue weighted by Gasteiger charge is -2.36. The summed E-state index contributed by atoms with van der Waals surface area (Å²) in [5.41, 5.74) is 10.9. The number of urea groups is 1. The number of H-pyrrole nitrogens is 1. The highest BCUT2D eigenvalue weighted by Crippen LogP contribution is 2.31. The molecule has 0 radical (unpaired) electrons. The highest BCUT2D eigenvalue weighted by atomic mass is 16.2. The van der Waals surface area contributed by atoms with Gasteiger partial charge in [-0.2, -0.15) is 0 Å². The number of piperazine rings is 1. The Morgan fingerprint density at radius 3 is 2.29 bits per heavy atom. The zero-order valence-electron chi connectivity index (χ0n) is 25.5. The Morgan fingerprint density at radius 2 is 1.63 bits per heavy atom. The summed E-state index contributed by atoms with van der Waals surface area (Å²) in [5, 5.41) is 1.22. The highest BCUT2D eigenvalue weighted by molar-refractivity contribution is 5.95. The molecule has 0 spiro atoms. The molecule has 0 saturated carbocycles. The Balaban J connectivity index is 0.000000278. The summed E-state index contributed by atoms with van der Waals surface area (Å²) in [6.07, 6.45) is 4.38. The van der Waals surface area contributed by atoms with Gasteiger partial charge in [-0.3, -0.25) is 4.79 Å². The summed E-state index contributed by atoms with van der Waals surface area (Å²) < 4.78 is 0. The number of aromatic nitrogens is 1. The number of allylic oxidation sites excluding steroid dienone is 1. The number of rotatable bonds is 6. The molecule has 1 unspecified atom stereocenters. The van der Waals surface area contributed by atoms with E-state index >= 15 is 0 Å². The normalized spacial score (nSPS) is 16.3. The van der Waals surface area contributed by atoms with Crippen LogP contribution in [0.5, 0.6) is 0 Å². The number of hydrogen-bond acceptors (Lipinski definition) is 4. The van der Waals surface area contributed by atoms with Gasteiger partial charge in [0.2, 0.25) is 5.91 Å². The van der Waals surface area contributed by atoms with Crippen LogP contribution in [0.4, 0.5) is 10.5 Å². The number of para-hydroxylation sites is 2. The van der Waals surface area contributed by atoms with Gasteiger partial charge in [-0.1, -0.05) is 56.8 Å². The van der Waals surface area contributed by atoms with Gasteiger partial charge in [0.1, 0.15) is 0 Å². The van der Waals surface area contributed by atoms with Crippen molar-refractivity contribution in [3.8, 4) is 0 Å². The second kappa shape index (κ2) is 15.3. The number of benzene rings is 2. The van der Waals surface area contributed by atoms with E-state index < -0.39 is 0 Å². The zero-order chi connectivity index (χ0) is 29.9. The largest absolute Gasteiger partial charge is 0.372 e. The molecule has 5 rings (SSSR count). The molecular weight excluding hydrogens is 512 g/mol. The van der Waals surface area contributed by atoms with E-state index in [0.29, 0.717) is 25.4 Å². The number of carbonyl (C=O) groups excluding carboxylic acids is 2. The van der Waals surface area contributed by atoms with E-state index in [1.807, 2.05) is 50.1 Å². The maximum atomic E-state index is 13.1. The Bertz CT molecular complexity index is 1270. The molecule has 3 heterocycles. The standard InChI is InChI=1S/C23H27N3O.C8H15N3O.C2H6/c1-25(2)15-17-13-18-7-3-6-10-22(18)26(16-17)23(27)12-11-19-14-24-21-9-5-4-8-20(19)21;1-7(2)10-3-5-11(6-4-10)8(9)12;1-2/h3-10,14,17,24H,11-13,15-16H2,1-2H3;1,3-6H2,2H3,(H2,9,12);1-2H3. The first kappa shape index (κ1) is 31.7. The summed E-state index contributed by atoms with van der Waals surface area (Å²) in [7, 11) is 4.20. The molecule has 0 bridgehead atoms. The minimum absolute atomic E-state index is 0.219. The summed E-state index contributed by atoms with van der Waals surface area (Å²) >= 11 is 0. The number of anilines is 1. The first-order chi connectivity index (χ1) is 19.7. The van der Waals surface area contributed by atoms with E-state index in [-0.39, 0.29) is 11.9 Å². The molecular formula is C33H48N6O2. The van der Waals surface area contributed by atoms with Crippen LogP contribution in [0.1, 0.15) is 38.3 Å². The third kappa shape index (κ3) is 8.60. The molecule has 0 aliphatic carbocycles. The van der Waals surface area contributed by atoms with Crippen molar-refractivity contribution in [3.63, 3.8) is 0 Å². The van der Waals surface area contributed by atoms with Gasteiger partial charge in [-0.15, -0.1) is 0 Å². The number of carbonyl (C=O) groups is 2. The number of nitrogens with zero attached hydrogens (tertiary/aromatic N) is 4. The van der Waals surface area contributed by atoms with Crippen LogP contribution < -0.4 is 10.6 Å². The predicted molar refractivity (Wildman–Crippen MR) is 170 cm³/mol. The van der Waals surface area contributed by atoms with Crippen molar-refractivity contribution in [1.29, 1.82) is 0 Å². The second-order valence-electron chi connectivity index (χ2n) is 10.9. The van der Waals surface area contributed by atoms with E-state index in [1.54, 1.807) is 4.90 Å². The van der Waals surface area contributed by atoms with E-state index in [0.717, 1.165) is 55.9 Å². The Hall–Kier alpha value is -3.78. The van der Waals surface area contributed by atoms with Crippen molar-refractivity contribution in [3.05, 3.63) is 78.1 Å². The molecule has 1 atom stereocenters. The van der Waals surface area contributed by atoms with Gasteiger partial charge >= 0.3 is 6.03 Å². The number of nitrogens with two attached hydrogens (primary N) is 1. The summed E-state index contributed by atoms with van der Waals surface area (Å²) in [5.74, 6) is 0.697. The third-order valence-corrected chi connectivity index (χ3v) is 7.57. The molecule has 1 saturated heterocycles. The highest BCUT2D eigenvalue weighted by Gasteiger charge is 2.28. The van der Waals surface area contributed by atoms with Crippen LogP contribution in [0, 0.1) is 5.92 Å². The van der Waals surface area contributed by atoms with E-state index in [2.05, 4.69) is 65.8 Å². The Morgan fingerprint density at radius 1 is 1.00 bits per heavy atom. The fourth-order valence-electron chi connectivity index (χ4n) is 5.58. The molecule has 1 aromatic heterocycles. The van der Waals surface area contributed by atoms with Gasteiger partial charge in [0, 0.05) is 74.2 Å². The number of aryl methyl sites for hydroxylation is 1. The minimum Gasteiger partial charge on any atom is -0.372 e. The van der Waals surface area contributed by atoms with Crippen LogP contribution >= 0.6 is 0 Å². The number of primary amides is 1. The number of nitrogens with one attached hydrogen (secondary N) is 1. The lowest BCUT2D eigenvalue weighted by atomic mass is 9.91. The van der Waals surface area contributed by atoms with E-state index in [4.69, 9.17) is 5.73 Å². The molecule has 3 amide bonds. The minimum atomic E-state index is -0.323. The van der Waals surface area contributed by atoms with Gasteiger partial charge in [-0.05, 0) is 63.0 Å². The van der Waals surface area contributed by atoms with E-state index in [9.17, 15) is 9.59 Å². The monoisotopic (exact) mass is 560 g/mol. The summed E-state index contributed by atoms with van der Waals surface area (Å²) in [6, 6.07) is 16.3. The molecule has 2 aliphatic rings. The van der Waals surface area contributed by atoms with Gasteiger partial charge in [0.05, 0.1) is 0 Å². The van der Waals surface area contributed by atoms with E-state index in [1.165, 1.54) is 16.5 Å².